The number of H-pyrrole nitrogens is 1. The molecule has 0 aliphatic carbocycles. The van der Waals surface area contributed by atoms with Crippen LogP contribution in [0.2, 0.25) is 0 Å². The van der Waals surface area contributed by atoms with E-state index in [4.69, 9.17) is 4.42 Å². The van der Waals surface area contributed by atoms with Gasteiger partial charge >= 0.3 is 0 Å². The van der Waals surface area contributed by atoms with E-state index in [1.165, 1.54) is 22.0 Å². The van der Waals surface area contributed by atoms with E-state index in [2.05, 4.69) is 69.6 Å². The van der Waals surface area contributed by atoms with Crippen LogP contribution >= 0.6 is 0 Å². The summed E-state index contributed by atoms with van der Waals surface area (Å²) >= 11 is 0. The topological polar surface area (TPSA) is 58.0 Å². The molecule has 4 aromatic rings. The van der Waals surface area contributed by atoms with Gasteiger partial charge in [-0.3, -0.25) is 4.90 Å². The summed E-state index contributed by atoms with van der Waals surface area (Å²) < 4.78 is 5.99. The molecule has 1 N–H and O–H groups in total. The molecule has 2 aromatic heterocycles. The predicted octanol–water partition coefficient (Wildman–Crippen LogP) is 4.52. The molecule has 1 saturated heterocycles. The fourth-order valence-electron chi connectivity index (χ4n) is 3.89. The predicted molar refractivity (Wildman–Crippen MR) is 105 cm³/mol. The van der Waals surface area contributed by atoms with E-state index in [-0.39, 0.29) is 0 Å². The lowest BCUT2D eigenvalue weighted by Crippen LogP contribution is -2.19. The van der Waals surface area contributed by atoms with Crippen molar-refractivity contribution in [3.8, 4) is 11.5 Å². The van der Waals surface area contributed by atoms with Crippen molar-refractivity contribution in [3.63, 3.8) is 0 Å². The molecule has 27 heavy (non-hydrogen) atoms. The summed E-state index contributed by atoms with van der Waals surface area (Å²) in [6.07, 6.45) is 3.18. The Morgan fingerprint density at radius 2 is 1.96 bits per heavy atom. The molecule has 0 radical (unpaired) electrons. The van der Waals surface area contributed by atoms with Crippen molar-refractivity contribution in [2.75, 3.05) is 13.1 Å². The molecule has 5 rings (SSSR count). The monoisotopic (exact) mass is 358 g/mol. The van der Waals surface area contributed by atoms with E-state index in [9.17, 15) is 0 Å². The van der Waals surface area contributed by atoms with Crippen LogP contribution in [0.1, 0.15) is 29.4 Å². The molecule has 1 fully saturated rings. The third kappa shape index (κ3) is 3.15. The molecule has 2 aromatic carbocycles. The molecule has 136 valence electrons. The van der Waals surface area contributed by atoms with E-state index in [1.807, 2.05) is 12.1 Å². The van der Waals surface area contributed by atoms with Gasteiger partial charge in [0.1, 0.15) is 0 Å². The van der Waals surface area contributed by atoms with Gasteiger partial charge in [-0.15, -0.1) is 10.2 Å². The van der Waals surface area contributed by atoms with Crippen molar-refractivity contribution in [1.82, 2.24) is 20.1 Å². The molecular weight excluding hydrogens is 336 g/mol. The number of nitrogens with zero attached hydrogens (tertiary/aromatic N) is 3. The van der Waals surface area contributed by atoms with E-state index in [0.717, 1.165) is 37.5 Å². The summed E-state index contributed by atoms with van der Waals surface area (Å²) in [5, 5.41) is 9.90. The van der Waals surface area contributed by atoms with E-state index < -0.39 is 0 Å². The van der Waals surface area contributed by atoms with Gasteiger partial charge in [0, 0.05) is 35.8 Å². The molecule has 0 bridgehead atoms. The third-order valence-electron chi connectivity index (χ3n) is 5.43. The Labute approximate surface area is 158 Å². The SMILES string of the molecule is Cc1ccc(-c2nnc(C3CCN(Cc4c[nH]c5ccccc45)C3)o2)cc1. The summed E-state index contributed by atoms with van der Waals surface area (Å²) in [6, 6.07) is 16.7. The second-order valence-electron chi connectivity index (χ2n) is 7.39. The lowest BCUT2D eigenvalue weighted by Gasteiger charge is -2.14. The molecule has 0 saturated carbocycles. The first-order valence-corrected chi connectivity index (χ1v) is 9.44. The minimum Gasteiger partial charge on any atom is -0.420 e. The van der Waals surface area contributed by atoms with Crippen molar-refractivity contribution in [2.24, 2.45) is 0 Å². The van der Waals surface area contributed by atoms with Gasteiger partial charge in [-0.1, -0.05) is 35.9 Å². The molecule has 5 heteroatoms. The van der Waals surface area contributed by atoms with Crippen LogP contribution in [0, 0.1) is 6.92 Å². The fourth-order valence-corrected chi connectivity index (χ4v) is 3.89. The van der Waals surface area contributed by atoms with Crippen LogP contribution in [-0.2, 0) is 6.54 Å². The highest BCUT2D eigenvalue weighted by Gasteiger charge is 2.28. The maximum absolute atomic E-state index is 5.99. The highest BCUT2D eigenvalue weighted by molar-refractivity contribution is 5.82. The minimum atomic E-state index is 0.307. The maximum atomic E-state index is 5.99. The van der Waals surface area contributed by atoms with E-state index >= 15 is 0 Å². The zero-order valence-electron chi connectivity index (χ0n) is 15.4. The summed E-state index contributed by atoms with van der Waals surface area (Å²) in [4.78, 5) is 5.83. The highest BCUT2D eigenvalue weighted by atomic mass is 16.4. The number of likely N-dealkylation sites (tertiary alicyclic amines) is 1. The summed E-state index contributed by atoms with van der Waals surface area (Å²) in [5.74, 6) is 1.67. The van der Waals surface area contributed by atoms with Gasteiger partial charge < -0.3 is 9.40 Å². The van der Waals surface area contributed by atoms with E-state index in [1.54, 1.807) is 0 Å². The first kappa shape index (κ1) is 16.3. The number of nitrogens with one attached hydrogen (secondary N) is 1. The van der Waals surface area contributed by atoms with Crippen LogP contribution in [0.4, 0.5) is 0 Å². The lowest BCUT2D eigenvalue weighted by molar-refractivity contribution is 0.321. The Kier molecular flexibility index (Phi) is 4.02. The summed E-state index contributed by atoms with van der Waals surface area (Å²) in [7, 11) is 0. The second-order valence-corrected chi connectivity index (χ2v) is 7.39. The zero-order valence-corrected chi connectivity index (χ0v) is 15.4. The summed E-state index contributed by atoms with van der Waals surface area (Å²) in [5.41, 5.74) is 4.75. The minimum absolute atomic E-state index is 0.307. The van der Waals surface area contributed by atoms with Crippen LogP contribution < -0.4 is 0 Å². The molecule has 1 unspecified atom stereocenters. The Hall–Kier alpha value is -2.92. The Morgan fingerprint density at radius 1 is 1.11 bits per heavy atom. The molecule has 1 aliphatic heterocycles. The van der Waals surface area contributed by atoms with Crippen LogP contribution in [0.5, 0.6) is 0 Å². The van der Waals surface area contributed by atoms with Gasteiger partial charge in [0.25, 0.3) is 0 Å². The maximum Gasteiger partial charge on any atom is 0.247 e. The number of fused-ring (bicyclic) bond motifs is 1. The number of para-hydroxylation sites is 1. The molecule has 1 aliphatic rings. The number of aromatic amines is 1. The molecule has 0 amide bonds. The highest BCUT2D eigenvalue weighted by Crippen LogP contribution is 2.30. The normalized spacial score (nSPS) is 17.7. The quantitative estimate of drug-likeness (QED) is 0.583. The van der Waals surface area contributed by atoms with Crippen LogP contribution in [0.15, 0.2) is 59.1 Å². The molecule has 5 nitrogen and oxygen atoms in total. The Bertz CT molecular complexity index is 1060. The number of rotatable bonds is 4. The van der Waals surface area contributed by atoms with Crippen molar-refractivity contribution in [2.45, 2.75) is 25.8 Å². The van der Waals surface area contributed by atoms with E-state index in [0.29, 0.717) is 11.8 Å². The van der Waals surface area contributed by atoms with Gasteiger partial charge in [-0.2, -0.15) is 0 Å². The van der Waals surface area contributed by atoms with Crippen LogP contribution in [0.3, 0.4) is 0 Å². The largest absolute Gasteiger partial charge is 0.420 e. The number of benzene rings is 2. The standard InChI is InChI=1S/C22H22N4O/c1-15-6-8-16(9-7-15)21-24-25-22(27-21)17-10-11-26(13-17)14-18-12-23-20-5-3-2-4-19(18)20/h2-9,12,17,23H,10-11,13-14H2,1H3. The first-order valence-electron chi connectivity index (χ1n) is 9.44. The van der Waals surface area contributed by atoms with Crippen molar-refractivity contribution >= 4 is 10.9 Å². The van der Waals surface area contributed by atoms with Crippen LogP contribution in [0.25, 0.3) is 22.4 Å². The van der Waals surface area contributed by atoms with Crippen LogP contribution in [-0.4, -0.2) is 33.2 Å². The number of aryl methyl sites for hydroxylation is 1. The van der Waals surface area contributed by atoms with Crippen molar-refractivity contribution < 1.29 is 4.42 Å². The Morgan fingerprint density at radius 3 is 2.85 bits per heavy atom. The van der Waals surface area contributed by atoms with Gasteiger partial charge in [0.2, 0.25) is 11.8 Å². The lowest BCUT2D eigenvalue weighted by atomic mass is 10.1. The van der Waals surface area contributed by atoms with Gasteiger partial charge in [0.05, 0.1) is 5.92 Å². The zero-order chi connectivity index (χ0) is 18.2. The Balaban J connectivity index is 1.29. The number of hydrogen-bond donors (Lipinski definition) is 1. The molecule has 1 atom stereocenters. The van der Waals surface area contributed by atoms with Gasteiger partial charge in [-0.05, 0) is 43.7 Å². The van der Waals surface area contributed by atoms with Crippen molar-refractivity contribution in [1.29, 1.82) is 0 Å². The average molecular weight is 358 g/mol. The second kappa shape index (κ2) is 6.67. The number of hydrogen-bond acceptors (Lipinski definition) is 4. The smallest absolute Gasteiger partial charge is 0.247 e. The molecular formula is C22H22N4O. The fraction of sp³-hybridized carbons (Fsp3) is 0.273. The summed E-state index contributed by atoms with van der Waals surface area (Å²) in [6.45, 7) is 5.02. The third-order valence-corrected chi connectivity index (χ3v) is 5.43. The van der Waals surface area contributed by atoms with Gasteiger partial charge in [0.15, 0.2) is 0 Å². The molecule has 0 spiro atoms. The average Bonchev–Trinajstić information content (AvgIpc) is 3.43. The van der Waals surface area contributed by atoms with Gasteiger partial charge in [-0.25, -0.2) is 0 Å². The molecule has 3 heterocycles. The van der Waals surface area contributed by atoms with Crippen molar-refractivity contribution in [3.05, 3.63) is 71.7 Å². The first-order chi connectivity index (χ1) is 13.3. The number of aromatic nitrogens is 3.